The minimum atomic E-state index is 0.0597. The van der Waals surface area contributed by atoms with Gasteiger partial charge >= 0.3 is 0 Å². The molecule has 0 N–H and O–H groups in total. The first-order valence-corrected chi connectivity index (χ1v) is 6.94. The average molecular weight is 257 g/mol. The van der Waals surface area contributed by atoms with Crippen LogP contribution in [0.3, 0.4) is 0 Å². The Balaban J connectivity index is 2.57. The van der Waals surface area contributed by atoms with Gasteiger partial charge < -0.3 is 0 Å². The molecule has 0 bridgehead atoms. The molecule has 0 fully saturated rings. The van der Waals surface area contributed by atoms with E-state index in [9.17, 15) is 4.79 Å². The highest BCUT2D eigenvalue weighted by Crippen LogP contribution is 2.28. The topological polar surface area (TPSA) is 17.1 Å². The Morgan fingerprint density at radius 1 is 1.38 bits per heavy atom. The molecule has 1 aromatic carbocycles. The summed E-state index contributed by atoms with van der Waals surface area (Å²) in [5.41, 5.74) is 0.683. The van der Waals surface area contributed by atoms with E-state index in [4.69, 9.17) is 11.6 Å². The highest BCUT2D eigenvalue weighted by molar-refractivity contribution is 7.99. The van der Waals surface area contributed by atoms with E-state index < -0.39 is 0 Å². The number of thioether (sulfide) groups is 1. The number of carbonyl (C=O) groups is 1. The molecule has 0 aliphatic rings. The Labute approximate surface area is 107 Å². The highest BCUT2D eigenvalue weighted by atomic mass is 35.5. The lowest BCUT2D eigenvalue weighted by atomic mass is 10.1. The second-order valence-corrected chi connectivity index (χ2v) is 5.30. The molecule has 0 heterocycles. The molecule has 0 atom stereocenters. The van der Waals surface area contributed by atoms with Crippen molar-refractivity contribution < 1.29 is 4.79 Å². The first kappa shape index (κ1) is 13.6. The molecule has 0 spiro atoms. The lowest BCUT2D eigenvalue weighted by Crippen LogP contribution is -1.92. The predicted molar refractivity (Wildman–Crippen MR) is 71.7 cm³/mol. The molecule has 3 heteroatoms. The summed E-state index contributed by atoms with van der Waals surface area (Å²) in [7, 11) is 0. The van der Waals surface area contributed by atoms with Crippen LogP contribution in [0.25, 0.3) is 0 Å². The van der Waals surface area contributed by atoms with Crippen LogP contribution in [0.1, 0.15) is 43.5 Å². The van der Waals surface area contributed by atoms with Gasteiger partial charge in [0.25, 0.3) is 0 Å². The van der Waals surface area contributed by atoms with E-state index in [1.807, 2.05) is 12.1 Å². The minimum absolute atomic E-state index is 0.0597. The zero-order valence-electron chi connectivity index (χ0n) is 9.75. The summed E-state index contributed by atoms with van der Waals surface area (Å²) >= 11 is 7.88. The van der Waals surface area contributed by atoms with Crippen LogP contribution in [0.15, 0.2) is 23.1 Å². The Morgan fingerprint density at radius 3 is 2.69 bits per heavy atom. The number of rotatable bonds is 6. The van der Waals surface area contributed by atoms with E-state index in [-0.39, 0.29) is 5.78 Å². The van der Waals surface area contributed by atoms with Crippen LogP contribution >= 0.6 is 23.4 Å². The third kappa shape index (κ3) is 4.18. The fourth-order valence-corrected chi connectivity index (χ4v) is 2.64. The molecule has 88 valence electrons. The summed E-state index contributed by atoms with van der Waals surface area (Å²) in [6.07, 6.45) is 3.71. The van der Waals surface area contributed by atoms with E-state index in [0.29, 0.717) is 10.6 Å². The van der Waals surface area contributed by atoms with E-state index in [0.717, 1.165) is 10.6 Å². The second kappa shape index (κ2) is 6.97. The quantitative estimate of drug-likeness (QED) is 0.412. The van der Waals surface area contributed by atoms with Gasteiger partial charge in [0.15, 0.2) is 5.78 Å². The Bertz CT molecular complexity index is 363. The van der Waals surface area contributed by atoms with Crippen LogP contribution in [0, 0.1) is 0 Å². The van der Waals surface area contributed by atoms with Crippen LogP contribution in [0.4, 0.5) is 0 Å². The molecular formula is C13H17ClOS. The minimum Gasteiger partial charge on any atom is -0.295 e. The summed E-state index contributed by atoms with van der Waals surface area (Å²) in [6.45, 7) is 3.75. The van der Waals surface area contributed by atoms with Crippen LogP contribution in [-0.4, -0.2) is 11.5 Å². The molecule has 0 aromatic heterocycles. The van der Waals surface area contributed by atoms with Crippen molar-refractivity contribution in [2.45, 2.75) is 38.0 Å². The standard InChI is InChI=1S/C13H17ClOS/c1-3-4-5-8-16-13-7-6-11(10(2)15)9-12(13)14/h6-7,9H,3-5,8H2,1-2H3. The maximum atomic E-state index is 11.1. The number of carbonyl (C=O) groups excluding carboxylic acids is 1. The number of ketones is 1. The number of unbranched alkanes of at least 4 members (excludes halogenated alkanes) is 2. The smallest absolute Gasteiger partial charge is 0.159 e. The van der Waals surface area contributed by atoms with Gasteiger partial charge in [0.2, 0.25) is 0 Å². The lowest BCUT2D eigenvalue weighted by molar-refractivity contribution is 0.101. The number of hydrogen-bond donors (Lipinski definition) is 0. The Morgan fingerprint density at radius 2 is 2.12 bits per heavy atom. The summed E-state index contributed by atoms with van der Waals surface area (Å²) in [4.78, 5) is 12.2. The SMILES string of the molecule is CCCCCSc1ccc(C(C)=O)cc1Cl. The normalized spacial score (nSPS) is 10.4. The molecular weight excluding hydrogens is 240 g/mol. The van der Waals surface area contributed by atoms with Crippen molar-refractivity contribution in [3.8, 4) is 0 Å². The summed E-state index contributed by atoms with van der Waals surface area (Å²) in [5.74, 6) is 1.15. The maximum Gasteiger partial charge on any atom is 0.159 e. The molecule has 1 aromatic rings. The molecule has 16 heavy (non-hydrogen) atoms. The number of Topliss-reactive ketones (excluding diaryl/α,β-unsaturated/α-hetero) is 1. The van der Waals surface area contributed by atoms with E-state index >= 15 is 0 Å². The van der Waals surface area contributed by atoms with E-state index in [1.54, 1.807) is 24.8 Å². The van der Waals surface area contributed by atoms with Crippen molar-refractivity contribution in [2.75, 3.05) is 5.75 Å². The summed E-state index contributed by atoms with van der Waals surface area (Å²) < 4.78 is 0. The third-order valence-corrected chi connectivity index (χ3v) is 3.93. The van der Waals surface area contributed by atoms with Gasteiger partial charge in [-0.2, -0.15) is 0 Å². The van der Waals surface area contributed by atoms with Crippen LogP contribution in [-0.2, 0) is 0 Å². The summed E-state index contributed by atoms with van der Waals surface area (Å²) in [5, 5.41) is 0.689. The monoisotopic (exact) mass is 256 g/mol. The predicted octanol–water partition coefficient (Wildman–Crippen LogP) is 4.82. The fraction of sp³-hybridized carbons (Fsp3) is 0.462. The zero-order chi connectivity index (χ0) is 12.0. The van der Waals surface area contributed by atoms with Gasteiger partial charge in [0.1, 0.15) is 0 Å². The lowest BCUT2D eigenvalue weighted by Gasteiger charge is -2.05. The fourth-order valence-electron chi connectivity index (χ4n) is 1.37. The Hall–Kier alpha value is -0.470. The molecule has 0 unspecified atom stereocenters. The third-order valence-electron chi connectivity index (χ3n) is 2.34. The van der Waals surface area contributed by atoms with Crippen molar-refractivity contribution in [1.82, 2.24) is 0 Å². The molecule has 1 nitrogen and oxygen atoms in total. The van der Waals surface area contributed by atoms with Crippen molar-refractivity contribution in [3.63, 3.8) is 0 Å². The highest BCUT2D eigenvalue weighted by Gasteiger charge is 2.05. The Kier molecular flexibility index (Phi) is 5.93. The molecule has 0 amide bonds. The maximum absolute atomic E-state index is 11.1. The molecule has 0 radical (unpaired) electrons. The van der Waals surface area contributed by atoms with Gasteiger partial charge in [-0.25, -0.2) is 0 Å². The molecule has 1 rings (SSSR count). The average Bonchev–Trinajstić information content (AvgIpc) is 2.26. The number of hydrogen-bond acceptors (Lipinski definition) is 2. The molecule has 0 saturated carbocycles. The van der Waals surface area contributed by atoms with Gasteiger partial charge in [-0.3, -0.25) is 4.79 Å². The van der Waals surface area contributed by atoms with Gasteiger partial charge in [0, 0.05) is 10.5 Å². The van der Waals surface area contributed by atoms with Gasteiger partial charge in [0.05, 0.1) is 5.02 Å². The van der Waals surface area contributed by atoms with Crippen LogP contribution in [0.5, 0.6) is 0 Å². The van der Waals surface area contributed by atoms with Crippen molar-refractivity contribution in [1.29, 1.82) is 0 Å². The van der Waals surface area contributed by atoms with Crippen molar-refractivity contribution in [3.05, 3.63) is 28.8 Å². The van der Waals surface area contributed by atoms with Crippen molar-refractivity contribution >= 4 is 29.1 Å². The van der Waals surface area contributed by atoms with Crippen molar-refractivity contribution in [2.24, 2.45) is 0 Å². The second-order valence-electron chi connectivity index (χ2n) is 3.76. The van der Waals surface area contributed by atoms with Gasteiger partial charge in [-0.15, -0.1) is 11.8 Å². The number of benzene rings is 1. The molecule has 0 aliphatic carbocycles. The summed E-state index contributed by atoms with van der Waals surface area (Å²) in [6, 6.07) is 5.54. The van der Waals surface area contributed by atoms with Crippen LogP contribution < -0.4 is 0 Å². The molecule has 0 aliphatic heterocycles. The first-order chi connectivity index (χ1) is 7.65. The van der Waals surface area contributed by atoms with E-state index in [1.165, 1.54) is 19.3 Å². The van der Waals surface area contributed by atoms with Crippen LogP contribution in [0.2, 0.25) is 5.02 Å². The zero-order valence-corrected chi connectivity index (χ0v) is 11.3. The largest absolute Gasteiger partial charge is 0.295 e. The van der Waals surface area contributed by atoms with E-state index in [2.05, 4.69) is 6.92 Å². The number of halogens is 1. The van der Waals surface area contributed by atoms with Gasteiger partial charge in [-0.05, 0) is 31.2 Å². The van der Waals surface area contributed by atoms with Gasteiger partial charge in [-0.1, -0.05) is 37.4 Å². The first-order valence-electron chi connectivity index (χ1n) is 5.58. The molecule has 0 saturated heterocycles.